The topological polar surface area (TPSA) is 37.8 Å². The van der Waals surface area contributed by atoms with Gasteiger partial charge in [-0.15, -0.1) is 10.2 Å². The fourth-order valence-electron chi connectivity index (χ4n) is 1.59. The second-order valence-corrected chi connectivity index (χ2v) is 7.58. The predicted octanol–water partition coefficient (Wildman–Crippen LogP) is 4.48. The Kier molecular flexibility index (Phi) is 5.50. The molecule has 1 aromatic heterocycles. The summed E-state index contributed by atoms with van der Waals surface area (Å²) in [6, 6.07) is 6.11. The molecule has 0 aliphatic heterocycles. The number of rotatable bonds is 5. The van der Waals surface area contributed by atoms with Gasteiger partial charge in [-0.1, -0.05) is 57.0 Å². The Morgan fingerprint density at radius 2 is 1.84 bits per heavy atom. The van der Waals surface area contributed by atoms with Gasteiger partial charge in [0.1, 0.15) is 10.0 Å². The van der Waals surface area contributed by atoms with Gasteiger partial charge in [0, 0.05) is 21.1 Å². The Bertz CT molecular complexity index is 534. The Hall–Kier alpha value is -0.300. The third-order valence-electron chi connectivity index (χ3n) is 2.41. The van der Waals surface area contributed by atoms with E-state index in [0.29, 0.717) is 5.92 Å². The summed E-state index contributed by atoms with van der Waals surface area (Å²) < 4.78 is 2.07. The summed E-state index contributed by atoms with van der Waals surface area (Å²) in [5, 5.41) is 13.8. The van der Waals surface area contributed by atoms with Crippen molar-refractivity contribution in [1.82, 2.24) is 15.5 Å². The first kappa shape index (κ1) is 15.1. The van der Waals surface area contributed by atoms with Gasteiger partial charge in [0.2, 0.25) is 0 Å². The number of benzene rings is 1. The van der Waals surface area contributed by atoms with Gasteiger partial charge in [0.25, 0.3) is 0 Å². The molecule has 0 aliphatic carbocycles. The molecule has 0 fully saturated rings. The van der Waals surface area contributed by atoms with Crippen LogP contribution in [0.4, 0.5) is 0 Å². The van der Waals surface area contributed by atoms with Crippen LogP contribution in [0.5, 0.6) is 0 Å². The van der Waals surface area contributed by atoms with Gasteiger partial charge < -0.3 is 5.32 Å². The van der Waals surface area contributed by atoms with Gasteiger partial charge in [-0.2, -0.15) is 0 Å². The van der Waals surface area contributed by atoms with Gasteiger partial charge in [-0.25, -0.2) is 0 Å². The van der Waals surface area contributed by atoms with E-state index in [9.17, 15) is 0 Å². The lowest BCUT2D eigenvalue weighted by atomic mass is 10.2. The quantitative estimate of drug-likeness (QED) is 0.798. The molecular formula is C13H15Br2N3S. The summed E-state index contributed by atoms with van der Waals surface area (Å²) >= 11 is 8.61. The molecule has 2 aromatic rings. The van der Waals surface area contributed by atoms with Crippen molar-refractivity contribution < 1.29 is 0 Å². The molecule has 0 atom stereocenters. The lowest BCUT2D eigenvalue weighted by molar-refractivity contribution is 0.550. The molecule has 1 heterocycles. The van der Waals surface area contributed by atoms with Crippen LogP contribution < -0.4 is 5.32 Å². The van der Waals surface area contributed by atoms with Crippen LogP contribution in [-0.2, 0) is 6.54 Å². The van der Waals surface area contributed by atoms with E-state index in [1.807, 2.05) is 6.07 Å². The molecule has 0 saturated heterocycles. The summed E-state index contributed by atoms with van der Waals surface area (Å²) in [5.74, 6) is 0.647. The van der Waals surface area contributed by atoms with Crippen molar-refractivity contribution in [1.29, 1.82) is 0 Å². The van der Waals surface area contributed by atoms with E-state index in [-0.39, 0.29) is 0 Å². The molecule has 102 valence electrons. The van der Waals surface area contributed by atoms with Crippen LogP contribution in [0.1, 0.15) is 18.9 Å². The maximum absolute atomic E-state index is 4.25. The number of hydrogen-bond acceptors (Lipinski definition) is 4. The molecule has 0 bridgehead atoms. The molecule has 0 spiro atoms. The molecule has 0 aliphatic rings. The molecule has 1 aromatic carbocycles. The van der Waals surface area contributed by atoms with Crippen molar-refractivity contribution in [3.8, 4) is 10.6 Å². The smallest absolute Gasteiger partial charge is 0.147 e. The van der Waals surface area contributed by atoms with Crippen molar-refractivity contribution in [2.24, 2.45) is 5.92 Å². The molecule has 0 unspecified atom stereocenters. The molecule has 0 saturated carbocycles. The lowest BCUT2D eigenvalue weighted by Crippen LogP contribution is -2.18. The maximum atomic E-state index is 4.25. The minimum absolute atomic E-state index is 0.647. The Morgan fingerprint density at radius 1 is 1.16 bits per heavy atom. The monoisotopic (exact) mass is 403 g/mol. The Labute approximate surface area is 134 Å². The summed E-state index contributed by atoms with van der Waals surface area (Å²) in [5.41, 5.74) is 1.08. The minimum atomic E-state index is 0.647. The van der Waals surface area contributed by atoms with Crippen molar-refractivity contribution in [3.05, 3.63) is 32.2 Å². The number of nitrogens with zero attached hydrogens (tertiary/aromatic N) is 2. The second kappa shape index (κ2) is 6.92. The Balaban J connectivity index is 2.07. The van der Waals surface area contributed by atoms with E-state index in [2.05, 4.69) is 73.4 Å². The third kappa shape index (κ3) is 4.63. The average molecular weight is 405 g/mol. The number of aromatic nitrogens is 2. The molecule has 3 nitrogen and oxygen atoms in total. The third-order valence-corrected chi connectivity index (χ3v) is 4.29. The fourth-order valence-corrected chi connectivity index (χ4v) is 3.68. The summed E-state index contributed by atoms with van der Waals surface area (Å²) in [6.45, 7) is 6.16. The van der Waals surface area contributed by atoms with Crippen molar-refractivity contribution >= 4 is 43.2 Å². The minimum Gasteiger partial charge on any atom is -0.310 e. The molecule has 6 heteroatoms. The number of halogens is 2. The Morgan fingerprint density at radius 3 is 2.47 bits per heavy atom. The van der Waals surface area contributed by atoms with Gasteiger partial charge in [-0.3, -0.25) is 0 Å². The van der Waals surface area contributed by atoms with Crippen LogP contribution >= 0.6 is 43.2 Å². The van der Waals surface area contributed by atoms with Crippen LogP contribution in [0.3, 0.4) is 0 Å². The van der Waals surface area contributed by atoms with Crippen molar-refractivity contribution in [2.75, 3.05) is 6.54 Å². The zero-order valence-electron chi connectivity index (χ0n) is 10.8. The predicted molar refractivity (Wildman–Crippen MR) is 87.3 cm³/mol. The van der Waals surface area contributed by atoms with Gasteiger partial charge in [-0.05, 0) is 30.7 Å². The maximum Gasteiger partial charge on any atom is 0.147 e. The van der Waals surface area contributed by atoms with Crippen LogP contribution in [-0.4, -0.2) is 16.7 Å². The number of nitrogens with one attached hydrogen (secondary N) is 1. The highest BCUT2D eigenvalue weighted by Gasteiger charge is 2.08. The van der Waals surface area contributed by atoms with E-state index in [0.717, 1.165) is 37.6 Å². The highest BCUT2D eigenvalue weighted by atomic mass is 79.9. The molecule has 0 radical (unpaired) electrons. The first-order chi connectivity index (χ1) is 9.04. The van der Waals surface area contributed by atoms with E-state index in [1.54, 1.807) is 11.3 Å². The van der Waals surface area contributed by atoms with Gasteiger partial charge in [0.15, 0.2) is 0 Å². The highest BCUT2D eigenvalue weighted by molar-refractivity contribution is 9.11. The van der Waals surface area contributed by atoms with Crippen molar-refractivity contribution in [2.45, 2.75) is 20.4 Å². The lowest BCUT2D eigenvalue weighted by Gasteiger charge is -2.04. The molecule has 0 amide bonds. The SMILES string of the molecule is CC(C)CNCc1nnc(-c2cc(Br)cc(Br)c2)s1. The highest BCUT2D eigenvalue weighted by Crippen LogP contribution is 2.29. The normalized spacial score (nSPS) is 11.2. The zero-order valence-corrected chi connectivity index (χ0v) is 14.8. The van der Waals surface area contributed by atoms with E-state index < -0.39 is 0 Å². The molecule has 19 heavy (non-hydrogen) atoms. The zero-order chi connectivity index (χ0) is 13.8. The van der Waals surface area contributed by atoms with Crippen LogP contribution in [0.25, 0.3) is 10.6 Å². The van der Waals surface area contributed by atoms with Crippen LogP contribution in [0.2, 0.25) is 0 Å². The van der Waals surface area contributed by atoms with Crippen molar-refractivity contribution in [3.63, 3.8) is 0 Å². The van der Waals surface area contributed by atoms with Gasteiger partial charge in [0.05, 0.1) is 0 Å². The summed E-state index contributed by atoms with van der Waals surface area (Å²) in [6.07, 6.45) is 0. The van der Waals surface area contributed by atoms with Crippen LogP contribution in [0, 0.1) is 5.92 Å². The largest absolute Gasteiger partial charge is 0.310 e. The standard InChI is InChI=1S/C13H15Br2N3S/c1-8(2)6-16-7-12-17-18-13(19-12)9-3-10(14)5-11(15)4-9/h3-5,8,16H,6-7H2,1-2H3. The second-order valence-electron chi connectivity index (χ2n) is 4.68. The summed E-state index contributed by atoms with van der Waals surface area (Å²) in [4.78, 5) is 0. The first-order valence-corrected chi connectivity index (χ1v) is 8.44. The average Bonchev–Trinajstić information content (AvgIpc) is 2.76. The van der Waals surface area contributed by atoms with E-state index in [4.69, 9.17) is 0 Å². The van der Waals surface area contributed by atoms with E-state index >= 15 is 0 Å². The van der Waals surface area contributed by atoms with E-state index in [1.165, 1.54) is 0 Å². The molecule has 1 N–H and O–H groups in total. The molecular weight excluding hydrogens is 390 g/mol. The number of hydrogen-bond donors (Lipinski definition) is 1. The first-order valence-electron chi connectivity index (χ1n) is 6.04. The fraction of sp³-hybridized carbons (Fsp3) is 0.385. The van der Waals surface area contributed by atoms with Gasteiger partial charge >= 0.3 is 0 Å². The van der Waals surface area contributed by atoms with Crippen LogP contribution in [0.15, 0.2) is 27.1 Å². The summed E-state index contributed by atoms with van der Waals surface area (Å²) in [7, 11) is 0. The molecule has 2 rings (SSSR count).